The molecule has 0 radical (unpaired) electrons. The molecule has 5 heteroatoms. The van der Waals surface area contributed by atoms with Crippen LogP contribution in [0.15, 0.2) is 30.7 Å². The van der Waals surface area contributed by atoms with Crippen LogP contribution >= 0.6 is 0 Å². The van der Waals surface area contributed by atoms with E-state index in [2.05, 4.69) is 9.97 Å². The van der Waals surface area contributed by atoms with Crippen LogP contribution in [-0.2, 0) is 4.79 Å². The van der Waals surface area contributed by atoms with Gasteiger partial charge in [0.05, 0.1) is 18.1 Å². The zero-order valence-electron chi connectivity index (χ0n) is 8.50. The standard InChI is InChI=1S/C11H11N3O2/c12-9(4-11(15)16)8-3-7-1-2-13-6-10(7)14-5-8/h1-3,5-6,9H,4,12H2,(H,15,16). The number of carbonyl (C=O) groups is 1. The second kappa shape index (κ2) is 4.24. The van der Waals surface area contributed by atoms with Gasteiger partial charge < -0.3 is 10.8 Å². The van der Waals surface area contributed by atoms with E-state index in [1.165, 1.54) is 0 Å². The monoisotopic (exact) mass is 217 g/mol. The topological polar surface area (TPSA) is 89.1 Å². The van der Waals surface area contributed by atoms with Crippen molar-refractivity contribution in [1.29, 1.82) is 0 Å². The van der Waals surface area contributed by atoms with E-state index in [-0.39, 0.29) is 6.42 Å². The number of hydrogen-bond acceptors (Lipinski definition) is 4. The first-order chi connectivity index (χ1) is 7.66. The number of carboxylic acid groups (broad SMARTS) is 1. The van der Waals surface area contributed by atoms with Gasteiger partial charge >= 0.3 is 5.97 Å². The molecule has 0 saturated carbocycles. The number of hydrogen-bond donors (Lipinski definition) is 2. The van der Waals surface area contributed by atoms with Crippen LogP contribution in [0, 0.1) is 0 Å². The number of nitrogens with zero attached hydrogens (tertiary/aromatic N) is 2. The molecule has 0 aliphatic rings. The molecule has 2 rings (SSSR count). The summed E-state index contributed by atoms with van der Waals surface area (Å²) in [4.78, 5) is 18.7. The fraction of sp³-hybridized carbons (Fsp3) is 0.182. The van der Waals surface area contributed by atoms with Crippen molar-refractivity contribution in [3.05, 3.63) is 36.3 Å². The summed E-state index contributed by atoms with van der Waals surface area (Å²) in [5.41, 5.74) is 7.25. The van der Waals surface area contributed by atoms with Gasteiger partial charge in [-0.1, -0.05) is 0 Å². The summed E-state index contributed by atoms with van der Waals surface area (Å²) < 4.78 is 0. The van der Waals surface area contributed by atoms with Gasteiger partial charge in [0.2, 0.25) is 0 Å². The minimum absolute atomic E-state index is 0.0989. The Balaban J connectivity index is 2.35. The van der Waals surface area contributed by atoms with Crippen molar-refractivity contribution in [3.63, 3.8) is 0 Å². The molecule has 1 atom stereocenters. The van der Waals surface area contributed by atoms with Gasteiger partial charge in [-0.05, 0) is 17.7 Å². The van der Waals surface area contributed by atoms with Crippen LogP contribution in [0.4, 0.5) is 0 Å². The quantitative estimate of drug-likeness (QED) is 0.803. The third-order valence-electron chi connectivity index (χ3n) is 2.33. The molecule has 0 spiro atoms. The maximum Gasteiger partial charge on any atom is 0.305 e. The lowest BCUT2D eigenvalue weighted by molar-refractivity contribution is -0.137. The first-order valence-corrected chi connectivity index (χ1v) is 4.84. The zero-order chi connectivity index (χ0) is 11.5. The smallest absolute Gasteiger partial charge is 0.305 e. The minimum atomic E-state index is -0.915. The van der Waals surface area contributed by atoms with Gasteiger partial charge in [-0.3, -0.25) is 14.8 Å². The maximum absolute atomic E-state index is 10.5. The molecule has 16 heavy (non-hydrogen) atoms. The molecule has 3 N–H and O–H groups in total. The molecule has 5 nitrogen and oxygen atoms in total. The van der Waals surface area contributed by atoms with Crippen molar-refractivity contribution in [1.82, 2.24) is 9.97 Å². The third kappa shape index (κ3) is 2.14. The number of nitrogens with two attached hydrogens (primary N) is 1. The molecule has 0 fully saturated rings. The van der Waals surface area contributed by atoms with Crippen LogP contribution in [0.3, 0.4) is 0 Å². The number of aliphatic carboxylic acids is 1. The van der Waals surface area contributed by atoms with Crippen molar-refractivity contribution < 1.29 is 9.90 Å². The van der Waals surface area contributed by atoms with Gasteiger partial charge in [-0.2, -0.15) is 0 Å². The van der Waals surface area contributed by atoms with E-state index in [1.807, 2.05) is 12.1 Å². The molecule has 0 saturated heterocycles. The van der Waals surface area contributed by atoms with E-state index >= 15 is 0 Å². The van der Waals surface area contributed by atoms with Crippen LogP contribution < -0.4 is 5.73 Å². The highest BCUT2D eigenvalue weighted by molar-refractivity contribution is 5.78. The number of pyridine rings is 2. The average Bonchev–Trinajstić information content (AvgIpc) is 2.27. The van der Waals surface area contributed by atoms with Crippen molar-refractivity contribution in [2.75, 3.05) is 0 Å². The van der Waals surface area contributed by atoms with E-state index in [0.29, 0.717) is 0 Å². The summed E-state index contributed by atoms with van der Waals surface area (Å²) in [6.07, 6.45) is 4.81. The molecule has 0 aromatic carbocycles. The number of aromatic nitrogens is 2. The van der Waals surface area contributed by atoms with E-state index in [1.54, 1.807) is 18.6 Å². The molecular formula is C11H11N3O2. The highest BCUT2D eigenvalue weighted by Gasteiger charge is 2.11. The van der Waals surface area contributed by atoms with Gasteiger partial charge in [0, 0.05) is 23.8 Å². The predicted molar refractivity (Wildman–Crippen MR) is 58.7 cm³/mol. The second-order valence-electron chi connectivity index (χ2n) is 3.54. The summed E-state index contributed by atoms with van der Waals surface area (Å²) in [5, 5.41) is 9.56. The summed E-state index contributed by atoms with van der Waals surface area (Å²) in [6.45, 7) is 0. The fourth-order valence-electron chi connectivity index (χ4n) is 1.50. The van der Waals surface area contributed by atoms with Crippen molar-refractivity contribution >= 4 is 16.9 Å². The van der Waals surface area contributed by atoms with Gasteiger partial charge in [0.15, 0.2) is 0 Å². The van der Waals surface area contributed by atoms with Crippen LogP contribution in [0.2, 0.25) is 0 Å². The lowest BCUT2D eigenvalue weighted by Gasteiger charge is -2.09. The number of rotatable bonds is 3. The summed E-state index contributed by atoms with van der Waals surface area (Å²) in [5.74, 6) is -0.915. The Morgan fingerprint density at radius 2 is 2.31 bits per heavy atom. The average molecular weight is 217 g/mol. The van der Waals surface area contributed by atoms with Gasteiger partial charge in [-0.25, -0.2) is 0 Å². The SMILES string of the molecule is NC(CC(=O)O)c1cnc2cnccc2c1. The van der Waals surface area contributed by atoms with Crippen LogP contribution in [0.1, 0.15) is 18.0 Å². The third-order valence-corrected chi connectivity index (χ3v) is 2.33. The van der Waals surface area contributed by atoms with Crippen molar-refractivity contribution in [2.24, 2.45) is 5.73 Å². The normalized spacial score (nSPS) is 12.6. The number of fused-ring (bicyclic) bond motifs is 1. The van der Waals surface area contributed by atoms with Crippen LogP contribution in [-0.4, -0.2) is 21.0 Å². The van der Waals surface area contributed by atoms with Gasteiger partial charge in [-0.15, -0.1) is 0 Å². The molecule has 0 amide bonds. The lowest BCUT2D eigenvalue weighted by atomic mass is 10.1. The number of carboxylic acids is 1. The fourth-order valence-corrected chi connectivity index (χ4v) is 1.50. The Bertz CT molecular complexity index is 527. The molecular weight excluding hydrogens is 206 g/mol. The summed E-state index contributed by atoms with van der Waals surface area (Å²) >= 11 is 0. The second-order valence-corrected chi connectivity index (χ2v) is 3.54. The first-order valence-electron chi connectivity index (χ1n) is 4.84. The van der Waals surface area contributed by atoms with Crippen LogP contribution in [0.5, 0.6) is 0 Å². The minimum Gasteiger partial charge on any atom is -0.481 e. The molecule has 2 aromatic rings. The van der Waals surface area contributed by atoms with Gasteiger partial charge in [0.1, 0.15) is 0 Å². The maximum atomic E-state index is 10.5. The van der Waals surface area contributed by atoms with Gasteiger partial charge in [0.25, 0.3) is 0 Å². The van der Waals surface area contributed by atoms with E-state index < -0.39 is 12.0 Å². The molecule has 0 bridgehead atoms. The highest BCUT2D eigenvalue weighted by Crippen LogP contribution is 2.17. The van der Waals surface area contributed by atoms with Crippen molar-refractivity contribution in [3.8, 4) is 0 Å². The predicted octanol–water partition coefficient (Wildman–Crippen LogP) is 1.10. The molecule has 0 aliphatic heterocycles. The first kappa shape index (κ1) is 10.5. The molecule has 1 unspecified atom stereocenters. The molecule has 2 aromatic heterocycles. The Labute approximate surface area is 91.9 Å². The molecule has 0 aliphatic carbocycles. The molecule has 2 heterocycles. The van der Waals surface area contributed by atoms with E-state index in [0.717, 1.165) is 16.5 Å². The Morgan fingerprint density at radius 1 is 1.50 bits per heavy atom. The molecule has 82 valence electrons. The lowest BCUT2D eigenvalue weighted by Crippen LogP contribution is -2.15. The summed E-state index contributed by atoms with van der Waals surface area (Å²) in [6, 6.07) is 3.14. The largest absolute Gasteiger partial charge is 0.481 e. The Morgan fingerprint density at radius 3 is 3.06 bits per heavy atom. The van der Waals surface area contributed by atoms with E-state index in [4.69, 9.17) is 10.8 Å². The highest BCUT2D eigenvalue weighted by atomic mass is 16.4. The Hall–Kier alpha value is -2.01. The summed E-state index contributed by atoms with van der Waals surface area (Å²) in [7, 11) is 0. The zero-order valence-corrected chi connectivity index (χ0v) is 8.50. The Kier molecular flexibility index (Phi) is 2.78. The van der Waals surface area contributed by atoms with Crippen LogP contribution in [0.25, 0.3) is 10.9 Å². The van der Waals surface area contributed by atoms with Crippen molar-refractivity contribution in [2.45, 2.75) is 12.5 Å². The van der Waals surface area contributed by atoms with E-state index in [9.17, 15) is 4.79 Å².